The van der Waals surface area contributed by atoms with Crippen molar-refractivity contribution in [1.82, 2.24) is 4.57 Å². The minimum absolute atomic E-state index is 0.00243. The summed E-state index contributed by atoms with van der Waals surface area (Å²) in [5, 5.41) is 2.55. The van der Waals surface area contributed by atoms with Gasteiger partial charge < -0.3 is 4.57 Å². The average molecular weight is 512 g/mol. The van der Waals surface area contributed by atoms with Crippen LogP contribution in [-0.2, 0) is 5.41 Å². The van der Waals surface area contributed by atoms with Crippen LogP contribution in [0.3, 0.4) is 0 Å². The monoisotopic (exact) mass is 511 g/mol. The molecular weight excluding hydrogens is 482 g/mol. The number of hydrogen-bond acceptors (Lipinski definition) is 0. The lowest BCUT2D eigenvalue weighted by Gasteiger charge is -2.22. The van der Waals surface area contributed by atoms with Gasteiger partial charge in [-0.25, -0.2) is 0 Å². The number of benzene rings is 6. The second kappa shape index (κ2) is 8.56. The molecule has 0 radical (unpaired) electrons. The average Bonchev–Trinajstić information content (AvgIpc) is 3.46. The fourth-order valence-electron chi connectivity index (χ4n) is 6.77. The lowest BCUT2D eigenvalue weighted by molar-refractivity contribution is 0.660. The van der Waals surface area contributed by atoms with E-state index >= 15 is 0 Å². The molecule has 8 rings (SSSR count). The molecule has 1 aliphatic carbocycles. The van der Waals surface area contributed by atoms with Crippen LogP contribution in [0.25, 0.3) is 60.9 Å². The maximum atomic E-state index is 2.41. The fraction of sp³-hybridized carbons (Fsp3) is 0.0769. The number of nitrogens with zero attached hydrogens (tertiary/aromatic N) is 1. The second-order valence-corrected chi connectivity index (χ2v) is 11.4. The third-order valence-corrected chi connectivity index (χ3v) is 8.80. The molecule has 1 nitrogen and oxygen atoms in total. The Bertz CT molecular complexity index is 2070. The van der Waals surface area contributed by atoms with E-state index in [4.69, 9.17) is 0 Å². The van der Waals surface area contributed by atoms with Gasteiger partial charge in [-0.2, -0.15) is 0 Å². The maximum absolute atomic E-state index is 2.41. The highest BCUT2D eigenvalue weighted by Gasteiger charge is 2.35. The first-order chi connectivity index (χ1) is 19.6. The Morgan fingerprint density at radius 2 is 1.05 bits per heavy atom. The SMILES string of the molecule is CC1(C)c2ccccc2-c2ccc(-c3cccc(-c4ccc5c(c4)c4ccccc4n5-c4ccccc4)c3)cc21. The van der Waals surface area contributed by atoms with Crippen molar-refractivity contribution in [2.45, 2.75) is 19.3 Å². The normalized spacial score (nSPS) is 13.4. The Kier molecular flexibility index (Phi) is 4.93. The molecule has 1 aromatic heterocycles. The summed E-state index contributed by atoms with van der Waals surface area (Å²) in [5.41, 5.74) is 14.2. The summed E-state index contributed by atoms with van der Waals surface area (Å²) in [6.07, 6.45) is 0. The molecule has 0 atom stereocenters. The van der Waals surface area contributed by atoms with E-state index in [1.807, 2.05) is 0 Å². The number of fused-ring (bicyclic) bond motifs is 6. The lowest BCUT2D eigenvalue weighted by Crippen LogP contribution is -2.14. The topological polar surface area (TPSA) is 4.93 Å². The van der Waals surface area contributed by atoms with Crippen molar-refractivity contribution in [2.24, 2.45) is 0 Å². The van der Waals surface area contributed by atoms with Crippen molar-refractivity contribution < 1.29 is 0 Å². The first-order valence-electron chi connectivity index (χ1n) is 14.0. The predicted molar refractivity (Wildman–Crippen MR) is 169 cm³/mol. The summed E-state index contributed by atoms with van der Waals surface area (Å²) in [5.74, 6) is 0. The van der Waals surface area contributed by atoms with Crippen LogP contribution in [0.2, 0.25) is 0 Å². The second-order valence-electron chi connectivity index (χ2n) is 11.4. The predicted octanol–water partition coefficient (Wildman–Crippen LogP) is 10.4. The molecule has 0 unspecified atom stereocenters. The molecule has 0 bridgehead atoms. The van der Waals surface area contributed by atoms with Crippen molar-refractivity contribution in [2.75, 3.05) is 0 Å². The van der Waals surface area contributed by atoms with Crippen LogP contribution in [0.4, 0.5) is 0 Å². The number of hydrogen-bond donors (Lipinski definition) is 0. The van der Waals surface area contributed by atoms with Crippen molar-refractivity contribution in [1.29, 1.82) is 0 Å². The summed E-state index contributed by atoms with van der Waals surface area (Å²) in [4.78, 5) is 0. The smallest absolute Gasteiger partial charge is 0.0541 e. The molecule has 40 heavy (non-hydrogen) atoms. The highest BCUT2D eigenvalue weighted by molar-refractivity contribution is 6.10. The molecule has 1 heterocycles. The molecule has 0 saturated carbocycles. The number of rotatable bonds is 3. The third-order valence-electron chi connectivity index (χ3n) is 8.80. The van der Waals surface area contributed by atoms with Gasteiger partial charge in [-0.15, -0.1) is 0 Å². The Morgan fingerprint density at radius 1 is 0.425 bits per heavy atom. The van der Waals surface area contributed by atoms with Crippen LogP contribution >= 0.6 is 0 Å². The van der Waals surface area contributed by atoms with Crippen LogP contribution < -0.4 is 0 Å². The summed E-state index contributed by atoms with van der Waals surface area (Å²) < 4.78 is 2.37. The van der Waals surface area contributed by atoms with Gasteiger partial charge in [0.05, 0.1) is 11.0 Å². The van der Waals surface area contributed by atoms with Crippen molar-refractivity contribution in [3.05, 3.63) is 151 Å². The standard InChI is InChI=1S/C39H29N/c1-39(2)35-17-8-6-15-31(35)32-21-19-29(25-36(32)39)27-12-10-11-26(23-27)28-20-22-38-34(24-28)33-16-7-9-18-37(33)40(38)30-13-4-3-5-14-30/h3-25H,1-2H3. The van der Waals surface area contributed by atoms with E-state index in [1.165, 1.54) is 72.0 Å². The van der Waals surface area contributed by atoms with Crippen molar-refractivity contribution in [3.63, 3.8) is 0 Å². The zero-order chi connectivity index (χ0) is 26.8. The maximum Gasteiger partial charge on any atom is 0.0541 e. The fourth-order valence-corrected chi connectivity index (χ4v) is 6.77. The van der Waals surface area contributed by atoms with Crippen LogP contribution in [0.1, 0.15) is 25.0 Å². The van der Waals surface area contributed by atoms with E-state index in [2.05, 4.69) is 158 Å². The Hall–Kier alpha value is -4.88. The van der Waals surface area contributed by atoms with Gasteiger partial charge >= 0.3 is 0 Å². The number of para-hydroxylation sites is 2. The molecule has 190 valence electrons. The van der Waals surface area contributed by atoms with Gasteiger partial charge in [-0.3, -0.25) is 0 Å². The molecule has 0 saturated heterocycles. The lowest BCUT2D eigenvalue weighted by atomic mass is 9.81. The summed E-state index contributed by atoms with van der Waals surface area (Å²) in [6, 6.07) is 51.1. The first-order valence-corrected chi connectivity index (χ1v) is 14.0. The molecular formula is C39H29N. The molecule has 1 heteroatoms. The van der Waals surface area contributed by atoms with Gasteiger partial charge in [0, 0.05) is 21.9 Å². The van der Waals surface area contributed by atoms with Crippen LogP contribution in [-0.4, -0.2) is 4.57 Å². The van der Waals surface area contributed by atoms with Crippen molar-refractivity contribution >= 4 is 21.8 Å². The van der Waals surface area contributed by atoms with Gasteiger partial charge in [0.1, 0.15) is 0 Å². The molecule has 0 spiro atoms. The molecule has 0 aliphatic heterocycles. The molecule has 7 aromatic rings. The Balaban J connectivity index is 1.24. The quantitative estimate of drug-likeness (QED) is 0.222. The molecule has 1 aliphatic rings. The van der Waals surface area contributed by atoms with E-state index in [9.17, 15) is 0 Å². The summed E-state index contributed by atoms with van der Waals surface area (Å²) in [7, 11) is 0. The van der Waals surface area contributed by atoms with Crippen LogP contribution in [0.15, 0.2) is 140 Å². The van der Waals surface area contributed by atoms with Crippen LogP contribution in [0.5, 0.6) is 0 Å². The molecule has 0 N–H and O–H groups in total. The summed E-state index contributed by atoms with van der Waals surface area (Å²) in [6.45, 7) is 4.69. The van der Waals surface area contributed by atoms with E-state index in [0.717, 1.165) is 0 Å². The zero-order valence-electron chi connectivity index (χ0n) is 22.7. The minimum atomic E-state index is -0.00243. The van der Waals surface area contributed by atoms with E-state index in [1.54, 1.807) is 0 Å². The minimum Gasteiger partial charge on any atom is -0.309 e. The van der Waals surface area contributed by atoms with Gasteiger partial charge in [0.25, 0.3) is 0 Å². The Morgan fingerprint density at radius 3 is 1.90 bits per heavy atom. The molecule has 0 amide bonds. The number of aromatic nitrogens is 1. The highest BCUT2D eigenvalue weighted by atomic mass is 15.0. The highest BCUT2D eigenvalue weighted by Crippen LogP contribution is 2.49. The largest absolute Gasteiger partial charge is 0.309 e. The van der Waals surface area contributed by atoms with E-state index < -0.39 is 0 Å². The van der Waals surface area contributed by atoms with Gasteiger partial charge in [0.15, 0.2) is 0 Å². The van der Waals surface area contributed by atoms with Gasteiger partial charge in [-0.1, -0.05) is 111 Å². The first kappa shape index (κ1) is 23.0. The van der Waals surface area contributed by atoms with Crippen LogP contribution in [0, 0.1) is 0 Å². The van der Waals surface area contributed by atoms with Crippen molar-refractivity contribution in [3.8, 4) is 39.1 Å². The van der Waals surface area contributed by atoms with E-state index in [0.29, 0.717) is 0 Å². The summed E-state index contributed by atoms with van der Waals surface area (Å²) >= 11 is 0. The van der Waals surface area contributed by atoms with Gasteiger partial charge in [0.2, 0.25) is 0 Å². The van der Waals surface area contributed by atoms with E-state index in [-0.39, 0.29) is 5.41 Å². The molecule has 0 fully saturated rings. The van der Waals surface area contributed by atoms with Gasteiger partial charge in [-0.05, 0) is 87.0 Å². The zero-order valence-corrected chi connectivity index (χ0v) is 22.7. The third kappa shape index (κ3) is 3.34. The Labute approximate surface area is 235 Å². The molecule has 6 aromatic carbocycles.